The first-order chi connectivity index (χ1) is 27.9. The first kappa shape index (κ1) is 35.0. The van der Waals surface area contributed by atoms with Crippen molar-refractivity contribution >= 4 is 77.3 Å². The SMILES string of the molecule is C=Cc1c(/C=C\C)sc2c3c(ccc12)C(C)(C)c1cc(-n2c4ccc(-c5ccccc5)cc4c4cc(-c5cccc6c5oc5ccccc56)ccc42)ccc1-3.CC. The normalized spacial score (nSPS) is 13.1. The Bertz CT molecular complexity index is 3260. The molecule has 10 aromatic rings. The van der Waals surface area contributed by atoms with Gasteiger partial charge in [-0.25, -0.2) is 0 Å². The Morgan fingerprint density at radius 2 is 1.33 bits per heavy atom. The molecular formula is C54H43NOS. The van der Waals surface area contributed by atoms with Crippen LogP contribution in [0.3, 0.4) is 0 Å². The average Bonchev–Trinajstić information content (AvgIpc) is 3.97. The lowest BCUT2D eigenvalue weighted by Crippen LogP contribution is -2.15. The molecule has 0 amide bonds. The van der Waals surface area contributed by atoms with E-state index in [1.54, 1.807) is 0 Å². The largest absolute Gasteiger partial charge is 0.455 e. The molecule has 0 saturated carbocycles. The van der Waals surface area contributed by atoms with Crippen molar-refractivity contribution in [3.63, 3.8) is 0 Å². The van der Waals surface area contributed by atoms with Crippen LogP contribution in [0.25, 0.3) is 105 Å². The lowest BCUT2D eigenvalue weighted by molar-refractivity contribution is 0.660. The molecular weight excluding hydrogens is 711 g/mol. The van der Waals surface area contributed by atoms with Crippen molar-refractivity contribution in [1.82, 2.24) is 4.57 Å². The van der Waals surface area contributed by atoms with E-state index in [2.05, 4.69) is 178 Å². The summed E-state index contributed by atoms with van der Waals surface area (Å²) in [6.07, 6.45) is 6.35. The van der Waals surface area contributed by atoms with Gasteiger partial charge in [-0.05, 0) is 94.4 Å². The third-order valence-corrected chi connectivity index (χ3v) is 13.1. The third kappa shape index (κ3) is 5.15. The Morgan fingerprint density at radius 3 is 2.11 bits per heavy atom. The van der Waals surface area contributed by atoms with Crippen molar-refractivity contribution < 1.29 is 4.42 Å². The minimum atomic E-state index is -0.161. The third-order valence-electron chi connectivity index (χ3n) is 11.9. The summed E-state index contributed by atoms with van der Waals surface area (Å²) in [5.74, 6) is 0. The Morgan fingerprint density at radius 1 is 0.614 bits per heavy atom. The lowest BCUT2D eigenvalue weighted by atomic mass is 9.82. The van der Waals surface area contributed by atoms with Crippen molar-refractivity contribution in [2.45, 2.75) is 40.0 Å². The van der Waals surface area contributed by atoms with Crippen molar-refractivity contribution in [3.8, 4) is 39.1 Å². The van der Waals surface area contributed by atoms with Crippen LogP contribution >= 0.6 is 11.3 Å². The number of aromatic nitrogens is 1. The molecule has 57 heavy (non-hydrogen) atoms. The zero-order valence-corrected chi connectivity index (χ0v) is 33.8. The molecule has 0 N–H and O–H groups in total. The van der Waals surface area contributed by atoms with E-state index in [0.717, 1.165) is 33.1 Å². The van der Waals surface area contributed by atoms with Gasteiger partial charge in [0, 0.05) is 58.7 Å². The highest BCUT2D eigenvalue weighted by Gasteiger charge is 2.37. The van der Waals surface area contributed by atoms with Gasteiger partial charge in [0.1, 0.15) is 11.2 Å². The Balaban J connectivity index is 0.00000195. The molecule has 0 fully saturated rings. The van der Waals surface area contributed by atoms with Crippen LogP contribution < -0.4 is 0 Å². The number of allylic oxidation sites excluding steroid dienone is 1. The summed E-state index contributed by atoms with van der Waals surface area (Å²) in [5.41, 5.74) is 16.5. The quantitative estimate of drug-likeness (QED) is 0.171. The van der Waals surface area contributed by atoms with E-state index in [1.807, 2.05) is 37.3 Å². The second-order valence-electron chi connectivity index (χ2n) is 15.2. The maximum atomic E-state index is 6.52. The molecule has 0 aliphatic heterocycles. The number of hydrogen-bond donors (Lipinski definition) is 0. The number of hydrogen-bond acceptors (Lipinski definition) is 2. The van der Waals surface area contributed by atoms with E-state index in [1.165, 1.54) is 81.4 Å². The standard InChI is InChI=1S/C52H37NOS.C2H6/c1-5-13-48-35(6-2)39-24-25-43-49(51(39)55-48)40-23-22-34(30-44(40)52(43,3)4)53-45-26-20-32(31-14-8-7-9-15-31)28-41(45)42-29-33(21-27-46(42)53)36-17-12-18-38-37-16-10-11-19-47(37)54-50(36)38;1-2/h5-30H,2H2,1,3-4H3;1-2H3/b13-5-;. The molecule has 3 heterocycles. The smallest absolute Gasteiger partial charge is 0.143 e. The number of furan rings is 1. The summed E-state index contributed by atoms with van der Waals surface area (Å²) in [6, 6.07) is 51.2. The van der Waals surface area contributed by atoms with Crippen LogP contribution in [0.5, 0.6) is 0 Å². The predicted octanol–water partition coefficient (Wildman–Crippen LogP) is 16.2. The van der Waals surface area contributed by atoms with Crippen LogP contribution in [0.4, 0.5) is 0 Å². The highest BCUT2D eigenvalue weighted by atomic mass is 32.1. The fourth-order valence-electron chi connectivity index (χ4n) is 9.28. The minimum Gasteiger partial charge on any atom is -0.455 e. The van der Waals surface area contributed by atoms with E-state index in [9.17, 15) is 0 Å². The lowest BCUT2D eigenvalue weighted by Gasteiger charge is -2.22. The topological polar surface area (TPSA) is 18.1 Å². The van der Waals surface area contributed by atoms with Crippen LogP contribution in [0.1, 0.15) is 56.2 Å². The first-order valence-electron chi connectivity index (χ1n) is 20.0. The zero-order chi connectivity index (χ0) is 39.0. The minimum absolute atomic E-state index is 0.161. The second kappa shape index (κ2) is 13.4. The average molecular weight is 754 g/mol. The molecule has 0 bridgehead atoms. The molecule has 0 unspecified atom stereocenters. The predicted molar refractivity (Wildman–Crippen MR) is 248 cm³/mol. The number of thiophene rings is 1. The molecule has 1 aliphatic carbocycles. The fourth-order valence-corrected chi connectivity index (χ4v) is 10.6. The first-order valence-corrected chi connectivity index (χ1v) is 20.8. The van der Waals surface area contributed by atoms with E-state index >= 15 is 0 Å². The van der Waals surface area contributed by atoms with E-state index < -0.39 is 0 Å². The molecule has 0 saturated heterocycles. The summed E-state index contributed by atoms with van der Waals surface area (Å²) in [6.45, 7) is 15.0. The summed E-state index contributed by atoms with van der Waals surface area (Å²) in [5, 5.41) is 6.01. The van der Waals surface area contributed by atoms with E-state index in [0.29, 0.717) is 0 Å². The molecule has 3 aromatic heterocycles. The molecule has 1 aliphatic rings. The summed E-state index contributed by atoms with van der Waals surface area (Å²) < 4.78 is 10.3. The summed E-state index contributed by atoms with van der Waals surface area (Å²) in [4.78, 5) is 1.26. The zero-order valence-electron chi connectivity index (χ0n) is 33.0. The highest BCUT2D eigenvalue weighted by Crippen LogP contribution is 2.54. The van der Waals surface area contributed by atoms with Gasteiger partial charge in [0.25, 0.3) is 0 Å². The number of fused-ring (bicyclic) bond motifs is 11. The number of nitrogens with zero attached hydrogens (tertiary/aromatic N) is 1. The van der Waals surface area contributed by atoms with Gasteiger partial charge < -0.3 is 8.98 Å². The van der Waals surface area contributed by atoms with Gasteiger partial charge in [0.05, 0.1) is 11.0 Å². The molecule has 276 valence electrons. The molecule has 7 aromatic carbocycles. The fraction of sp³-hybridized carbons (Fsp3) is 0.111. The molecule has 11 rings (SSSR count). The van der Waals surface area contributed by atoms with Crippen molar-refractivity contribution in [2.24, 2.45) is 0 Å². The molecule has 3 heteroatoms. The van der Waals surface area contributed by atoms with Gasteiger partial charge in [-0.2, -0.15) is 0 Å². The van der Waals surface area contributed by atoms with Crippen LogP contribution in [0.15, 0.2) is 157 Å². The van der Waals surface area contributed by atoms with Crippen LogP contribution in [-0.4, -0.2) is 4.57 Å². The van der Waals surface area contributed by atoms with E-state index in [4.69, 9.17) is 4.42 Å². The number of benzene rings is 7. The van der Waals surface area contributed by atoms with Crippen molar-refractivity contribution in [3.05, 3.63) is 174 Å². The van der Waals surface area contributed by atoms with Crippen LogP contribution in [0.2, 0.25) is 0 Å². The van der Waals surface area contributed by atoms with Crippen LogP contribution in [0, 0.1) is 0 Å². The van der Waals surface area contributed by atoms with Gasteiger partial charge in [0.15, 0.2) is 0 Å². The number of rotatable bonds is 5. The van der Waals surface area contributed by atoms with Crippen molar-refractivity contribution in [2.75, 3.05) is 0 Å². The Labute approximate surface area is 337 Å². The van der Waals surface area contributed by atoms with Crippen LogP contribution in [-0.2, 0) is 5.41 Å². The Kier molecular flexibility index (Phi) is 8.21. The number of para-hydroxylation sites is 2. The van der Waals surface area contributed by atoms with E-state index in [-0.39, 0.29) is 5.41 Å². The summed E-state index contributed by atoms with van der Waals surface area (Å²) >= 11 is 1.88. The van der Waals surface area contributed by atoms with Gasteiger partial charge in [-0.3, -0.25) is 0 Å². The van der Waals surface area contributed by atoms with Crippen molar-refractivity contribution in [1.29, 1.82) is 0 Å². The summed E-state index contributed by atoms with van der Waals surface area (Å²) in [7, 11) is 0. The van der Waals surface area contributed by atoms with Gasteiger partial charge in [-0.15, -0.1) is 11.3 Å². The molecule has 0 radical (unpaired) electrons. The van der Waals surface area contributed by atoms with Gasteiger partial charge in [0.2, 0.25) is 0 Å². The molecule has 2 nitrogen and oxygen atoms in total. The maximum Gasteiger partial charge on any atom is 0.143 e. The molecule has 0 atom stereocenters. The maximum absolute atomic E-state index is 6.52. The molecule has 0 spiro atoms. The Hall–Kier alpha value is -6.42. The second-order valence-corrected chi connectivity index (χ2v) is 16.3. The highest BCUT2D eigenvalue weighted by molar-refractivity contribution is 7.20. The van der Waals surface area contributed by atoms with Gasteiger partial charge >= 0.3 is 0 Å². The monoisotopic (exact) mass is 753 g/mol. The van der Waals surface area contributed by atoms with Gasteiger partial charge in [-0.1, -0.05) is 143 Å².